The molecule has 1 aliphatic rings. The van der Waals surface area contributed by atoms with Gasteiger partial charge in [-0.3, -0.25) is 0 Å². The van der Waals surface area contributed by atoms with Crippen molar-refractivity contribution in [1.82, 2.24) is 15.3 Å². The summed E-state index contributed by atoms with van der Waals surface area (Å²) in [4.78, 5) is 8.31. The van der Waals surface area contributed by atoms with Gasteiger partial charge in [0.2, 0.25) is 5.95 Å². The maximum Gasteiger partial charge on any atom is 0.220 e. The van der Waals surface area contributed by atoms with Gasteiger partial charge in [0, 0.05) is 41.9 Å². The molecule has 0 radical (unpaired) electrons. The van der Waals surface area contributed by atoms with Crippen molar-refractivity contribution in [2.45, 2.75) is 19.4 Å². The first kappa shape index (κ1) is 10.7. The molecule has 0 aromatic carbocycles. The van der Waals surface area contributed by atoms with Crippen LogP contribution >= 0.6 is 11.8 Å². The van der Waals surface area contributed by atoms with Gasteiger partial charge in [-0.15, -0.1) is 0 Å². The Morgan fingerprint density at radius 1 is 1.60 bits per heavy atom. The molecule has 1 fully saturated rings. The molecule has 15 heavy (non-hydrogen) atoms. The smallest absolute Gasteiger partial charge is 0.220 e. The van der Waals surface area contributed by atoms with Crippen LogP contribution in [0.2, 0.25) is 0 Å². The van der Waals surface area contributed by atoms with Crippen LogP contribution in [-0.4, -0.2) is 34.1 Å². The fraction of sp³-hybridized carbons (Fsp3) is 0.600. The lowest BCUT2D eigenvalue weighted by atomic mass is 10.1. The maximum absolute atomic E-state index is 5.62. The van der Waals surface area contributed by atoms with E-state index in [1.165, 1.54) is 5.75 Å². The van der Waals surface area contributed by atoms with Gasteiger partial charge in [-0.2, -0.15) is 11.8 Å². The molecule has 5 heteroatoms. The number of nitrogens with two attached hydrogens (primary N) is 1. The Balaban J connectivity index is 2.02. The zero-order chi connectivity index (χ0) is 10.7. The van der Waals surface area contributed by atoms with Crippen molar-refractivity contribution in [2.24, 2.45) is 0 Å². The monoisotopic (exact) mass is 224 g/mol. The molecule has 1 aromatic heterocycles. The van der Waals surface area contributed by atoms with Crippen molar-refractivity contribution in [3.8, 4) is 0 Å². The summed E-state index contributed by atoms with van der Waals surface area (Å²) in [5.41, 5.74) is 7.60. The van der Waals surface area contributed by atoms with E-state index in [9.17, 15) is 0 Å². The van der Waals surface area contributed by atoms with Crippen molar-refractivity contribution in [3.05, 3.63) is 17.5 Å². The largest absolute Gasteiger partial charge is 0.368 e. The number of nitrogen functional groups attached to an aromatic ring is 1. The lowest BCUT2D eigenvalue weighted by molar-refractivity contribution is 0.557. The van der Waals surface area contributed by atoms with Crippen LogP contribution in [0.3, 0.4) is 0 Å². The molecule has 0 bridgehead atoms. The molecule has 0 amide bonds. The molecule has 0 saturated carbocycles. The highest BCUT2D eigenvalue weighted by atomic mass is 32.2. The maximum atomic E-state index is 5.62. The summed E-state index contributed by atoms with van der Waals surface area (Å²) in [5, 5.41) is 3.48. The summed E-state index contributed by atoms with van der Waals surface area (Å²) >= 11 is 1.99. The SMILES string of the molecule is Cc1cc(CC2CSCCN2)nc(N)n1. The first-order chi connectivity index (χ1) is 7.24. The van der Waals surface area contributed by atoms with Crippen molar-refractivity contribution >= 4 is 17.7 Å². The van der Waals surface area contributed by atoms with E-state index in [1.54, 1.807) is 0 Å². The van der Waals surface area contributed by atoms with Crippen LogP contribution in [0.4, 0.5) is 5.95 Å². The fourth-order valence-electron chi connectivity index (χ4n) is 1.77. The van der Waals surface area contributed by atoms with Gasteiger partial charge in [0.1, 0.15) is 0 Å². The molecule has 1 saturated heterocycles. The van der Waals surface area contributed by atoms with Gasteiger partial charge in [-0.05, 0) is 13.0 Å². The van der Waals surface area contributed by atoms with Gasteiger partial charge >= 0.3 is 0 Å². The van der Waals surface area contributed by atoms with Crippen LogP contribution in [0.1, 0.15) is 11.4 Å². The average molecular weight is 224 g/mol. The lowest BCUT2D eigenvalue weighted by Crippen LogP contribution is -2.39. The molecule has 1 unspecified atom stereocenters. The van der Waals surface area contributed by atoms with Gasteiger partial charge < -0.3 is 11.1 Å². The van der Waals surface area contributed by atoms with Gasteiger partial charge in [0.15, 0.2) is 0 Å². The van der Waals surface area contributed by atoms with E-state index in [0.29, 0.717) is 12.0 Å². The number of rotatable bonds is 2. The third-order valence-corrected chi connectivity index (χ3v) is 3.51. The van der Waals surface area contributed by atoms with E-state index in [1.807, 2.05) is 24.8 Å². The molecule has 2 heterocycles. The van der Waals surface area contributed by atoms with Gasteiger partial charge in [0.25, 0.3) is 0 Å². The second kappa shape index (κ2) is 4.81. The van der Waals surface area contributed by atoms with Gasteiger partial charge in [0.05, 0.1) is 0 Å². The summed E-state index contributed by atoms with van der Waals surface area (Å²) in [6.07, 6.45) is 0.945. The number of hydrogen-bond acceptors (Lipinski definition) is 5. The Morgan fingerprint density at radius 2 is 2.47 bits per heavy atom. The average Bonchev–Trinajstić information content (AvgIpc) is 2.17. The third-order valence-electron chi connectivity index (χ3n) is 2.38. The molecule has 1 aromatic rings. The van der Waals surface area contributed by atoms with Crippen LogP contribution in [0.5, 0.6) is 0 Å². The number of hydrogen-bond donors (Lipinski definition) is 2. The quantitative estimate of drug-likeness (QED) is 0.771. The number of aromatic nitrogens is 2. The van der Waals surface area contributed by atoms with Crippen molar-refractivity contribution in [1.29, 1.82) is 0 Å². The zero-order valence-electron chi connectivity index (χ0n) is 8.86. The Morgan fingerprint density at radius 3 is 3.13 bits per heavy atom. The van der Waals surface area contributed by atoms with Crippen LogP contribution in [-0.2, 0) is 6.42 Å². The minimum Gasteiger partial charge on any atom is -0.368 e. The summed E-state index contributed by atoms with van der Waals surface area (Å²) in [6.45, 7) is 3.04. The molecule has 82 valence electrons. The standard InChI is InChI=1S/C10H16N4S/c1-7-4-8(14-10(11)13-7)5-9-6-15-3-2-12-9/h4,9,12H,2-3,5-6H2,1H3,(H2,11,13,14). The number of nitrogens with zero attached hydrogens (tertiary/aromatic N) is 2. The summed E-state index contributed by atoms with van der Waals surface area (Å²) < 4.78 is 0. The predicted molar refractivity (Wildman–Crippen MR) is 64.0 cm³/mol. The van der Waals surface area contributed by atoms with Crippen LogP contribution in [0, 0.1) is 6.92 Å². The van der Waals surface area contributed by atoms with Crippen LogP contribution in [0.15, 0.2) is 6.07 Å². The second-order valence-electron chi connectivity index (χ2n) is 3.79. The number of thioether (sulfide) groups is 1. The van der Waals surface area contributed by atoms with E-state index >= 15 is 0 Å². The van der Waals surface area contributed by atoms with Crippen LogP contribution < -0.4 is 11.1 Å². The van der Waals surface area contributed by atoms with Gasteiger partial charge in [-0.25, -0.2) is 9.97 Å². The van der Waals surface area contributed by atoms with E-state index in [4.69, 9.17) is 5.73 Å². The molecule has 0 spiro atoms. The Labute approximate surface area is 94.1 Å². The summed E-state index contributed by atoms with van der Waals surface area (Å²) in [7, 11) is 0. The molecule has 4 nitrogen and oxygen atoms in total. The Bertz CT molecular complexity index is 316. The molecule has 0 aliphatic carbocycles. The van der Waals surface area contributed by atoms with Crippen molar-refractivity contribution in [2.75, 3.05) is 23.8 Å². The summed E-state index contributed by atoms with van der Waals surface area (Å²) in [5.74, 6) is 2.75. The summed E-state index contributed by atoms with van der Waals surface area (Å²) in [6, 6.07) is 2.54. The Kier molecular flexibility index (Phi) is 3.43. The fourth-order valence-corrected chi connectivity index (χ4v) is 2.72. The van der Waals surface area contributed by atoms with Crippen molar-refractivity contribution in [3.63, 3.8) is 0 Å². The third kappa shape index (κ3) is 3.07. The van der Waals surface area contributed by atoms with E-state index in [0.717, 1.165) is 30.1 Å². The zero-order valence-corrected chi connectivity index (χ0v) is 9.68. The highest BCUT2D eigenvalue weighted by Crippen LogP contribution is 2.12. The minimum absolute atomic E-state index is 0.383. The second-order valence-corrected chi connectivity index (χ2v) is 4.94. The van der Waals surface area contributed by atoms with E-state index in [-0.39, 0.29) is 0 Å². The lowest BCUT2D eigenvalue weighted by Gasteiger charge is -2.22. The first-order valence-corrected chi connectivity index (χ1v) is 6.30. The highest BCUT2D eigenvalue weighted by Gasteiger charge is 2.14. The predicted octanol–water partition coefficient (Wildman–Crippen LogP) is 0.615. The van der Waals surface area contributed by atoms with Gasteiger partial charge in [-0.1, -0.05) is 0 Å². The molecule has 2 rings (SSSR count). The number of aryl methyl sites for hydroxylation is 1. The molecule has 1 aliphatic heterocycles. The number of nitrogens with one attached hydrogen (secondary N) is 1. The van der Waals surface area contributed by atoms with Crippen molar-refractivity contribution < 1.29 is 0 Å². The first-order valence-electron chi connectivity index (χ1n) is 5.15. The molecular formula is C10H16N4S. The van der Waals surface area contributed by atoms with Crippen LogP contribution in [0.25, 0.3) is 0 Å². The molecule has 1 atom stereocenters. The Hall–Kier alpha value is -0.810. The topological polar surface area (TPSA) is 63.8 Å². The van der Waals surface area contributed by atoms with E-state index < -0.39 is 0 Å². The molecule has 3 N–H and O–H groups in total. The molecular weight excluding hydrogens is 208 g/mol. The normalized spacial score (nSPS) is 21.5. The highest BCUT2D eigenvalue weighted by molar-refractivity contribution is 7.99. The number of anilines is 1. The minimum atomic E-state index is 0.383. The van der Waals surface area contributed by atoms with E-state index in [2.05, 4.69) is 15.3 Å².